The molecule has 0 saturated carbocycles. The number of aryl methyl sites for hydroxylation is 1. The van der Waals surface area contributed by atoms with Gasteiger partial charge >= 0.3 is 0 Å². The molecule has 1 saturated heterocycles. The Hall–Kier alpha value is -2.18. The van der Waals surface area contributed by atoms with Crippen LogP contribution in [0.4, 0.5) is 5.82 Å². The van der Waals surface area contributed by atoms with Gasteiger partial charge in [-0.3, -0.25) is 14.9 Å². The lowest BCUT2D eigenvalue weighted by molar-refractivity contribution is -0.133. The minimum Gasteiger partial charge on any atom is -0.478 e. The normalized spacial score (nSPS) is 18.9. The molecule has 102 valence electrons. The van der Waals surface area contributed by atoms with E-state index in [9.17, 15) is 9.59 Å². The molecule has 2 heterocycles. The van der Waals surface area contributed by atoms with Gasteiger partial charge in [0.25, 0.3) is 0 Å². The molecule has 0 radical (unpaired) electrons. The van der Waals surface area contributed by atoms with Crippen molar-refractivity contribution in [2.75, 3.05) is 11.9 Å². The first-order chi connectivity index (χ1) is 9.08. The quantitative estimate of drug-likeness (QED) is 0.765. The van der Waals surface area contributed by atoms with E-state index in [1.165, 1.54) is 0 Å². The molecule has 0 aliphatic carbocycles. The molecule has 0 aromatic carbocycles. The third-order valence-corrected chi connectivity index (χ3v) is 2.67. The van der Waals surface area contributed by atoms with E-state index >= 15 is 0 Å². The van der Waals surface area contributed by atoms with Crippen molar-refractivity contribution < 1.29 is 14.3 Å². The number of carbonyl (C=O) groups is 2. The molecule has 2 rings (SSSR count). The molecule has 0 spiro atoms. The maximum absolute atomic E-state index is 11.6. The highest BCUT2D eigenvalue weighted by Crippen LogP contribution is 2.16. The van der Waals surface area contributed by atoms with Gasteiger partial charge in [0.15, 0.2) is 0 Å². The number of anilines is 1. The number of rotatable bonds is 4. The van der Waals surface area contributed by atoms with Crippen molar-refractivity contribution in [1.82, 2.24) is 15.3 Å². The number of ether oxygens (including phenoxy) is 1. The Kier molecular flexibility index (Phi) is 3.94. The number of piperidine rings is 1. The summed E-state index contributed by atoms with van der Waals surface area (Å²) in [5.41, 5.74) is 0. The maximum Gasteiger partial charge on any atom is 0.249 e. The molecule has 2 amide bonds. The van der Waals surface area contributed by atoms with Crippen LogP contribution < -0.4 is 15.4 Å². The van der Waals surface area contributed by atoms with E-state index in [4.69, 9.17) is 4.74 Å². The summed E-state index contributed by atoms with van der Waals surface area (Å²) in [4.78, 5) is 31.0. The van der Waals surface area contributed by atoms with Gasteiger partial charge in [-0.1, -0.05) is 0 Å². The molecule has 1 aliphatic heterocycles. The molecule has 1 atom stereocenters. The van der Waals surface area contributed by atoms with Gasteiger partial charge in [-0.15, -0.1) is 0 Å². The fourth-order valence-corrected chi connectivity index (χ4v) is 1.85. The van der Waals surface area contributed by atoms with E-state index in [-0.39, 0.29) is 11.8 Å². The molecule has 1 aromatic rings. The van der Waals surface area contributed by atoms with Crippen molar-refractivity contribution in [1.29, 1.82) is 0 Å². The number of carbonyl (C=O) groups excluding carboxylic acids is 2. The second-order valence-electron chi connectivity index (χ2n) is 4.22. The van der Waals surface area contributed by atoms with Crippen molar-refractivity contribution in [3.8, 4) is 5.88 Å². The highest BCUT2D eigenvalue weighted by Gasteiger charge is 2.26. The van der Waals surface area contributed by atoms with Crippen molar-refractivity contribution >= 4 is 17.6 Å². The average molecular weight is 264 g/mol. The summed E-state index contributed by atoms with van der Waals surface area (Å²) in [7, 11) is 0. The van der Waals surface area contributed by atoms with E-state index in [1.54, 1.807) is 13.0 Å². The van der Waals surface area contributed by atoms with Gasteiger partial charge in [-0.25, -0.2) is 4.98 Å². The van der Waals surface area contributed by atoms with Crippen LogP contribution in [0.15, 0.2) is 6.07 Å². The third-order valence-electron chi connectivity index (χ3n) is 2.67. The van der Waals surface area contributed by atoms with Crippen LogP contribution in [0, 0.1) is 6.92 Å². The molecule has 1 unspecified atom stereocenters. The molecular weight excluding hydrogens is 248 g/mol. The minimum absolute atomic E-state index is 0.239. The number of amides is 2. The zero-order valence-corrected chi connectivity index (χ0v) is 10.9. The van der Waals surface area contributed by atoms with Crippen LogP contribution in [0.1, 0.15) is 25.6 Å². The topological polar surface area (TPSA) is 93.2 Å². The van der Waals surface area contributed by atoms with Crippen LogP contribution in [0.3, 0.4) is 0 Å². The van der Waals surface area contributed by atoms with Crippen LogP contribution in [-0.2, 0) is 9.59 Å². The number of nitrogens with zero attached hydrogens (tertiary/aromatic N) is 2. The number of nitrogens with one attached hydrogen (secondary N) is 2. The Balaban J connectivity index is 2.10. The first-order valence-corrected chi connectivity index (χ1v) is 6.17. The second-order valence-corrected chi connectivity index (χ2v) is 4.22. The fraction of sp³-hybridized carbons (Fsp3) is 0.500. The summed E-state index contributed by atoms with van der Waals surface area (Å²) in [5, 5.41) is 5.28. The molecule has 7 heteroatoms. The van der Waals surface area contributed by atoms with Gasteiger partial charge in [-0.05, 0) is 20.3 Å². The van der Waals surface area contributed by atoms with Gasteiger partial charge in [0.2, 0.25) is 17.7 Å². The summed E-state index contributed by atoms with van der Waals surface area (Å²) >= 11 is 0. The van der Waals surface area contributed by atoms with E-state index in [1.807, 2.05) is 6.92 Å². The van der Waals surface area contributed by atoms with Crippen molar-refractivity contribution in [2.24, 2.45) is 0 Å². The minimum atomic E-state index is -0.457. The van der Waals surface area contributed by atoms with Gasteiger partial charge in [-0.2, -0.15) is 4.98 Å². The standard InChI is InChI=1S/C12H16N4O3/c1-3-19-11-6-9(13-7(2)14-11)15-8-4-5-10(17)16-12(8)18/h6,8H,3-5H2,1-2H3,(H,13,14,15)(H,16,17,18). The summed E-state index contributed by atoms with van der Waals surface area (Å²) in [6, 6.07) is 1.18. The summed E-state index contributed by atoms with van der Waals surface area (Å²) in [5.74, 6) is 0.971. The van der Waals surface area contributed by atoms with E-state index in [0.29, 0.717) is 37.0 Å². The zero-order valence-electron chi connectivity index (χ0n) is 10.9. The SMILES string of the molecule is CCOc1cc(NC2CCC(=O)NC2=O)nc(C)n1. The second kappa shape index (κ2) is 5.64. The Morgan fingerprint density at radius 2 is 2.26 bits per heavy atom. The maximum atomic E-state index is 11.6. The molecule has 1 fully saturated rings. The number of hydrogen-bond donors (Lipinski definition) is 2. The fourth-order valence-electron chi connectivity index (χ4n) is 1.85. The van der Waals surface area contributed by atoms with Crippen LogP contribution in [0.5, 0.6) is 5.88 Å². The highest BCUT2D eigenvalue weighted by molar-refractivity contribution is 6.01. The van der Waals surface area contributed by atoms with Gasteiger partial charge in [0.1, 0.15) is 17.7 Å². The van der Waals surface area contributed by atoms with Crippen LogP contribution >= 0.6 is 0 Å². The van der Waals surface area contributed by atoms with Crippen molar-refractivity contribution in [3.05, 3.63) is 11.9 Å². The van der Waals surface area contributed by atoms with E-state index in [0.717, 1.165) is 0 Å². The largest absolute Gasteiger partial charge is 0.478 e. The summed E-state index contributed by atoms with van der Waals surface area (Å²) in [6.45, 7) is 4.12. The van der Waals surface area contributed by atoms with Crippen LogP contribution in [0.2, 0.25) is 0 Å². The zero-order chi connectivity index (χ0) is 13.8. The van der Waals surface area contributed by atoms with Gasteiger partial charge in [0, 0.05) is 12.5 Å². The van der Waals surface area contributed by atoms with Crippen LogP contribution in [0.25, 0.3) is 0 Å². The first-order valence-electron chi connectivity index (χ1n) is 6.17. The van der Waals surface area contributed by atoms with E-state index < -0.39 is 6.04 Å². The first kappa shape index (κ1) is 13.3. The Bertz CT molecular complexity index is 504. The molecular formula is C12H16N4O3. The molecule has 1 aliphatic rings. The molecule has 0 bridgehead atoms. The molecule has 1 aromatic heterocycles. The number of aromatic nitrogens is 2. The van der Waals surface area contributed by atoms with Crippen molar-refractivity contribution in [3.63, 3.8) is 0 Å². The molecule has 19 heavy (non-hydrogen) atoms. The number of imide groups is 1. The predicted molar refractivity (Wildman–Crippen MR) is 67.7 cm³/mol. The Labute approximate surface area is 110 Å². The van der Waals surface area contributed by atoms with Gasteiger partial charge < -0.3 is 10.1 Å². The lowest BCUT2D eigenvalue weighted by Crippen LogP contribution is -2.47. The number of hydrogen-bond acceptors (Lipinski definition) is 6. The Morgan fingerprint density at radius 1 is 1.47 bits per heavy atom. The van der Waals surface area contributed by atoms with Crippen molar-refractivity contribution in [2.45, 2.75) is 32.7 Å². The highest BCUT2D eigenvalue weighted by atomic mass is 16.5. The lowest BCUT2D eigenvalue weighted by atomic mass is 10.1. The van der Waals surface area contributed by atoms with Gasteiger partial charge in [0.05, 0.1) is 6.61 Å². The molecule has 7 nitrogen and oxygen atoms in total. The average Bonchev–Trinajstić information content (AvgIpc) is 2.32. The Morgan fingerprint density at radius 3 is 2.95 bits per heavy atom. The van der Waals surface area contributed by atoms with E-state index in [2.05, 4.69) is 20.6 Å². The smallest absolute Gasteiger partial charge is 0.249 e. The van der Waals surface area contributed by atoms with Crippen LogP contribution in [-0.4, -0.2) is 34.4 Å². The summed E-state index contributed by atoms with van der Waals surface area (Å²) in [6.07, 6.45) is 0.781. The molecule has 2 N–H and O–H groups in total. The monoisotopic (exact) mass is 264 g/mol. The lowest BCUT2D eigenvalue weighted by Gasteiger charge is -2.22. The predicted octanol–water partition coefficient (Wildman–Crippen LogP) is 0.401. The summed E-state index contributed by atoms with van der Waals surface area (Å²) < 4.78 is 5.31. The third kappa shape index (κ3) is 3.40.